The fraction of sp³-hybridized carbons (Fsp3) is 0.240. The minimum absolute atomic E-state index is 0.109. The van der Waals surface area contributed by atoms with Gasteiger partial charge in [-0.25, -0.2) is 8.78 Å². The number of alkyl halides is 3. The van der Waals surface area contributed by atoms with E-state index < -0.39 is 28.5 Å². The predicted octanol–water partition coefficient (Wildman–Crippen LogP) is 8.46. The highest BCUT2D eigenvalue weighted by molar-refractivity contribution is 8.00. The highest BCUT2D eigenvalue weighted by Crippen LogP contribution is 2.42. The number of carbonyl (C=O) groups is 1. The Morgan fingerprint density at radius 1 is 1.00 bits per heavy atom. The van der Waals surface area contributed by atoms with Crippen molar-refractivity contribution >= 4 is 35.0 Å². The number of hydrogen-bond donors (Lipinski definition) is 2. The third kappa shape index (κ3) is 6.08. The van der Waals surface area contributed by atoms with Gasteiger partial charge in [0.1, 0.15) is 5.75 Å². The second kappa shape index (κ2) is 9.70. The van der Waals surface area contributed by atoms with Crippen LogP contribution in [0.2, 0.25) is 5.02 Å². The van der Waals surface area contributed by atoms with Crippen LogP contribution >= 0.6 is 23.4 Å². The smallest absolute Gasteiger partial charge is 0.446 e. The van der Waals surface area contributed by atoms with E-state index >= 15 is 0 Å². The van der Waals surface area contributed by atoms with Gasteiger partial charge in [0, 0.05) is 16.1 Å². The van der Waals surface area contributed by atoms with Crippen LogP contribution in [0.3, 0.4) is 0 Å². The molecule has 0 unspecified atom stereocenters. The molecule has 0 bridgehead atoms. The van der Waals surface area contributed by atoms with Gasteiger partial charge < -0.3 is 10.4 Å². The molecule has 186 valence electrons. The Labute approximate surface area is 208 Å². The summed E-state index contributed by atoms with van der Waals surface area (Å²) in [6.07, 6.45) is 0. The molecular weight excluding hydrogens is 509 g/mol. The van der Waals surface area contributed by atoms with Gasteiger partial charge in [-0.2, -0.15) is 13.2 Å². The summed E-state index contributed by atoms with van der Waals surface area (Å²) in [6, 6.07) is 8.51. The average molecular weight is 530 g/mol. The highest BCUT2D eigenvalue weighted by atomic mass is 35.5. The number of benzene rings is 3. The number of hydrogen-bond acceptors (Lipinski definition) is 3. The van der Waals surface area contributed by atoms with E-state index in [1.54, 1.807) is 13.0 Å². The molecule has 1 amide bonds. The van der Waals surface area contributed by atoms with Crippen LogP contribution in [-0.2, 0) is 5.41 Å². The molecule has 0 aliphatic heterocycles. The Balaban J connectivity index is 2.09. The molecule has 0 aromatic heterocycles. The van der Waals surface area contributed by atoms with Gasteiger partial charge in [0.15, 0.2) is 11.6 Å². The van der Waals surface area contributed by atoms with Crippen LogP contribution in [0.5, 0.6) is 5.75 Å². The first-order chi connectivity index (χ1) is 16.1. The SMILES string of the molecule is Cc1c(-c2ccc(F)c(F)c2)cc(C(C)(C)C)c(O)c1C(=O)Nc1ccc(SC(F)(F)F)c(Cl)c1. The average Bonchev–Trinajstić information content (AvgIpc) is 2.70. The van der Waals surface area contributed by atoms with Crippen molar-refractivity contribution in [2.45, 2.75) is 43.5 Å². The Morgan fingerprint density at radius 3 is 2.20 bits per heavy atom. The number of halogens is 6. The molecule has 0 aliphatic rings. The van der Waals surface area contributed by atoms with Gasteiger partial charge in [0.2, 0.25) is 0 Å². The number of phenolic OH excluding ortho intramolecular Hbond substituents is 1. The van der Waals surface area contributed by atoms with Crippen LogP contribution in [-0.4, -0.2) is 16.5 Å². The maximum absolute atomic E-state index is 13.9. The van der Waals surface area contributed by atoms with Crippen LogP contribution in [0.4, 0.5) is 27.6 Å². The Morgan fingerprint density at radius 2 is 1.66 bits per heavy atom. The summed E-state index contributed by atoms with van der Waals surface area (Å²) >= 11 is 5.58. The number of thioether (sulfide) groups is 1. The minimum Gasteiger partial charge on any atom is -0.507 e. The summed E-state index contributed by atoms with van der Waals surface area (Å²) < 4.78 is 65.4. The number of carbonyl (C=O) groups excluding carboxylic acids is 1. The molecule has 3 aromatic rings. The molecule has 0 fully saturated rings. The zero-order chi connectivity index (χ0) is 26.3. The van der Waals surface area contributed by atoms with Crippen LogP contribution in [0.25, 0.3) is 11.1 Å². The van der Waals surface area contributed by atoms with E-state index in [9.17, 15) is 31.9 Å². The molecule has 3 rings (SSSR count). The summed E-state index contributed by atoms with van der Waals surface area (Å²) in [5.41, 5.74) is -3.75. The van der Waals surface area contributed by atoms with E-state index in [2.05, 4.69) is 5.32 Å². The molecule has 0 spiro atoms. The third-order valence-electron chi connectivity index (χ3n) is 5.24. The molecule has 2 N–H and O–H groups in total. The zero-order valence-corrected chi connectivity index (χ0v) is 20.6. The summed E-state index contributed by atoms with van der Waals surface area (Å²) in [4.78, 5) is 13.0. The maximum atomic E-state index is 13.9. The van der Waals surface area contributed by atoms with Crippen molar-refractivity contribution in [3.05, 3.63) is 75.8 Å². The van der Waals surface area contributed by atoms with E-state index in [0.717, 1.165) is 18.2 Å². The minimum atomic E-state index is -4.53. The fourth-order valence-corrected chi connectivity index (χ4v) is 4.40. The first kappa shape index (κ1) is 26.8. The van der Waals surface area contributed by atoms with E-state index in [1.165, 1.54) is 18.2 Å². The molecule has 3 nitrogen and oxygen atoms in total. The lowest BCUT2D eigenvalue weighted by Crippen LogP contribution is -2.18. The van der Waals surface area contributed by atoms with Gasteiger partial charge in [0.05, 0.1) is 10.6 Å². The predicted molar refractivity (Wildman–Crippen MR) is 128 cm³/mol. The van der Waals surface area contributed by atoms with Crippen molar-refractivity contribution in [1.82, 2.24) is 0 Å². The van der Waals surface area contributed by atoms with Crippen molar-refractivity contribution in [3.8, 4) is 16.9 Å². The monoisotopic (exact) mass is 529 g/mol. The number of aromatic hydroxyl groups is 1. The van der Waals surface area contributed by atoms with Crippen molar-refractivity contribution in [2.75, 3.05) is 5.32 Å². The lowest BCUT2D eigenvalue weighted by Gasteiger charge is -2.25. The van der Waals surface area contributed by atoms with E-state index in [-0.39, 0.29) is 38.7 Å². The molecule has 0 radical (unpaired) electrons. The Kier molecular flexibility index (Phi) is 7.43. The molecule has 35 heavy (non-hydrogen) atoms. The van der Waals surface area contributed by atoms with Gasteiger partial charge in [-0.15, -0.1) is 0 Å². The number of amides is 1. The molecular formula is C25H21ClF5NO2S. The van der Waals surface area contributed by atoms with Gasteiger partial charge >= 0.3 is 5.51 Å². The van der Waals surface area contributed by atoms with Gasteiger partial charge in [-0.3, -0.25) is 4.79 Å². The number of nitrogens with one attached hydrogen (secondary N) is 1. The third-order valence-corrected chi connectivity index (χ3v) is 6.47. The van der Waals surface area contributed by atoms with Crippen LogP contribution in [0, 0.1) is 18.6 Å². The van der Waals surface area contributed by atoms with E-state index in [4.69, 9.17) is 11.6 Å². The molecule has 0 aliphatic carbocycles. The van der Waals surface area contributed by atoms with E-state index in [1.807, 2.05) is 20.8 Å². The first-order valence-corrected chi connectivity index (χ1v) is 11.5. The summed E-state index contributed by atoms with van der Waals surface area (Å²) in [5, 5.41) is 13.3. The zero-order valence-electron chi connectivity index (χ0n) is 19.1. The quantitative estimate of drug-likeness (QED) is 0.263. The van der Waals surface area contributed by atoms with E-state index in [0.29, 0.717) is 22.3 Å². The lowest BCUT2D eigenvalue weighted by atomic mass is 9.81. The molecule has 3 aromatic carbocycles. The molecule has 0 heterocycles. The lowest BCUT2D eigenvalue weighted by molar-refractivity contribution is -0.0328. The maximum Gasteiger partial charge on any atom is 0.446 e. The fourth-order valence-electron chi connectivity index (χ4n) is 3.56. The molecule has 0 atom stereocenters. The first-order valence-electron chi connectivity index (χ1n) is 10.3. The van der Waals surface area contributed by atoms with Crippen LogP contribution < -0.4 is 5.32 Å². The number of rotatable bonds is 4. The van der Waals surface area contributed by atoms with Gasteiger partial charge in [-0.05, 0) is 77.2 Å². The van der Waals surface area contributed by atoms with Crippen molar-refractivity contribution in [3.63, 3.8) is 0 Å². The highest BCUT2D eigenvalue weighted by Gasteiger charge is 2.31. The number of anilines is 1. The summed E-state index contributed by atoms with van der Waals surface area (Å²) in [6.45, 7) is 6.98. The Bertz CT molecular complexity index is 1300. The largest absolute Gasteiger partial charge is 0.507 e. The topological polar surface area (TPSA) is 49.3 Å². The second-order valence-electron chi connectivity index (χ2n) is 8.85. The molecule has 0 saturated carbocycles. The van der Waals surface area contributed by atoms with Crippen LogP contribution in [0.15, 0.2) is 47.4 Å². The summed E-state index contributed by atoms with van der Waals surface area (Å²) in [5.74, 6) is -3.13. The Hall–Kier alpha value is -2.78. The standard InChI is InChI=1S/C25H21ClF5NO2S/c1-12-15(13-5-7-18(27)19(28)9-13)11-16(24(2,3)4)22(33)21(12)23(34)32-14-6-8-20(17(26)10-14)35-25(29,30)31/h5-11,33H,1-4H3,(H,32,34). The van der Waals surface area contributed by atoms with Crippen LogP contribution in [0.1, 0.15) is 42.3 Å². The number of phenols is 1. The van der Waals surface area contributed by atoms with Crippen molar-refractivity contribution in [2.24, 2.45) is 0 Å². The molecule has 10 heteroatoms. The second-order valence-corrected chi connectivity index (χ2v) is 10.4. The van der Waals surface area contributed by atoms with Crippen molar-refractivity contribution < 1.29 is 31.9 Å². The normalized spacial score (nSPS) is 12.1. The van der Waals surface area contributed by atoms with Gasteiger partial charge in [0.25, 0.3) is 5.91 Å². The van der Waals surface area contributed by atoms with Crippen molar-refractivity contribution in [1.29, 1.82) is 0 Å². The summed E-state index contributed by atoms with van der Waals surface area (Å²) in [7, 11) is 0. The molecule has 0 saturated heterocycles. The van der Waals surface area contributed by atoms with Gasteiger partial charge in [-0.1, -0.05) is 38.4 Å².